The molecule has 1 fully saturated rings. The zero-order valence-corrected chi connectivity index (χ0v) is 15.2. The first-order chi connectivity index (χ1) is 12.8. The van der Waals surface area contributed by atoms with Crippen LogP contribution in [0.2, 0.25) is 0 Å². The number of benzene rings is 2. The van der Waals surface area contributed by atoms with Gasteiger partial charge in [-0.15, -0.1) is 11.3 Å². The van der Waals surface area contributed by atoms with Crippen LogP contribution in [0, 0.1) is 6.92 Å². The molecule has 4 nitrogen and oxygen atoms in total. The van der Waals surface area contributed by atoms with Crippen molar-refractivity contribution in [3.8, 4) is 34.1 Å². The maximum atomic E-state index is 5.47. The fourth-order valence-electron chi connectivity index (χ4n) is 2.99. The third kappa shape index (κ3) is 2.84. The van der Waals surface area contributed by atoms with Gasteiger partial charge in [-0.2, -0.15) is 4.98 Å². The molecule has 128 valence electrons. The number of hydrogen-bond donors (Lipinski definition) is 0. The first-order valence-electron chi connectivity index (χ1n) is 8.74. The molecule has 0 atom stereocenters. The molecule has 0 N–H and O–H groups in total. The molecule has 1 saturated carbocycles. The summed E-state index contributed by atoms with van der Waals surface area (Å²) in [6, 6.07) is 16.2. The Bertz CT molecular complexity index is 1060. The van der Waals surface area contributed by atoms with Crippen molar-refractivity contribution in [1.82, 2.24) is 15.1 Å². The van der Waals surface area contributed by atoms with E-state index in [0.29, 0.717) is 17.6 Å². The van der Waals surface area contributed by atoms with Gasteiger partial charge >= 0.3 is 0 Å². The highest BCUT2D eigenvalue weighted by Gasteiger charge is 2.26. The Kier molecular flexibility index (Phi) is 3.68. The minimum absolute atomic E-state index is 0.552. The molecular weight excluding hydrogens is 342 g/mol. The summed E-state index contributed by atoms with van der Waals surface area (Å²) in [5, 5.41) is 7.56. The summed E-state index contributed by atoms with van der Waals surface area (Å²) < 4.78 is 5.47. The first kappa shape index (κ1) is 15.5. The van der Waals surface area contributed by atoms with E-state index < -0.39 is 0 Å². The van der Waals surface area contributed by atoms with E-state index in [0.717, 1.165) is 27.9 Å². The monoisotopic (exact) mass is 359 g/mol. The molecule has 5 rings (SSSR count). The lowest BCUT2D eigenvalue weighted by atomic mass is 10.1. The average molecular weight is 359 g/mol. The molecule has 0 bridgehead atoms. The van der Waals surface area contributed by atoms with Crippen molar-refractivity contribution >= 4 is 11.3 Å². The van der Waals surface area contributed by atoms with Crippen LogP contribution in [0.15, 0.2) is 58.4 Å². The van der Waals surface area contributed by atoms with Crippen LogP contribution in [0.25, 0.3) is 34.1 Å². The minimum Gasteiger partial charge on any atom is -0.334 e. The second-order valence-corrected chi connectivity index (χ2v) is 7.55. The number of nitrogens with zero attached hydrogens (tertiary/aromatic N) is 3. The predicted octanol–water partition coefficient (Wildman–Crippen LogP) is 5.71. The molecule has 0 saturated heterocycles. The third-order valence-electron chi connectivity index (χ3n) is 4.69. The van der Waals surface area contributed by atoms with Crippen molar-refractivity contribution in [2.24, 2.45) is 0 Å². The molecule has 0 unspecified atom stereocenters. The molecule has 2 aromatic heterocycles. The van der Waals surface area contributed by atoms with Crippen molar-refractivity contribution < 1.29 is 4.52 Å². The van der Waals surface area contributed by atoms with Crippen LogP contribution in [0.1, 0.15) is 29.3 Å². The predicted molar refractivity (Wildman–Crippen MR) is 103 cm³/mol. The summed E-state index contributed by atoms with van der Waals surface area (Å²) in [6.45, 7) is 2.04. The van der Waals surface area contributed by atoms with Gasteiger partial charge in [-0.05, 0) is 31.4 Å². The normalized spacial score (nSPS) is 13.9. The summed E-state index contributed by atoms with van der Waals surface area (Å²) in [4.78, 5) is 9.33. The van der Waals surface area contributed by atoms with E-state index >= 15 is 0 Å². The molecule has 2 aromatic carbocycles. The van der Waals surface area contributed by atoms with E-state index in [1.807, 2.05) is 43.3 Å². The van der Waals surface area contributed by atoms with Crippen LogP contribution in [-0.4, -0.2) is 15.1 Å². The van der Waals surface area contributed by atoms with Crippen LogP contribution < -0.4 is 0 Å². The molecule has 0 radical (unpaired) electrons. The fourth-order valence-corrected chi connectivity index (χ4v) is 3.99. The molecule has 4 aromatic rings. The summed E-state index contributed by atoms with van der Waals surface area (Å²) in [5.74, 6) is 1.86. The van der Waals surface area contributed by atoms with Gasteiger partial charge in [0.05, 0.1) is 10.7 Å². The third-order valence-corrected chi connectivity index (χ3v) is 5.70. The summed E-state index contributed by atoms with van der Waals surface area (Å²) in [7, 11) is 0. The van der Waals surface area contributed by atoms with Gasteiger partial charge in [-0.3, -0.25) is 0 Å². The number of aromatic nitrogens is 3. The SMILES string of the molecule is Cc1ccccc1-c1nc(-c2ccc(-c3csc(C4CC4)n3)cc2)no1. The second-order valence-electron chi connectivity index (χ2n) is 6.66. The van der Waals surface area contributed by atoms with Gasteiger partial charge in [0.1, 0.15) is 0 Å². The molecule has 26 heavy (non-hydrogen) atoms. The molecule has 5 heteroatoms. The van der Waals surface area contributed by atoms with Crippen LogP contribution in [0.5, 0.6) is 0 Å². The maximum absolute atomic E-state index is 5.47. The number of hydrogen-bond acceptors (Lipinski definition) is 5. The largest absolute Gasteiger partial charge is 0.334 e. The van der Waals surface area contributed by atoms with Crippen LogP contribution in [0.4, 0.5) is 0 Å². The Labute approximate surface area is 155 Å². The van der Waals surface area contributed by atoms with Crippen molar-refractivity contribution in [2.75, 3.05) is 0 Å². The molecule has 1 aliphatic rings. The Morgan fingerprint density at radius 1 is 0.962 bits per heavy atom. The Balaban J connectivity index is 1.41. The summed E-state index contributed by atoms with van der Waals surface area (Å²) in [5.41, 5.74) is 5.21. The second kappa shape index (κ2) is 6.18. The molecule has 1 aliphatic carbocycles. The van der Waals surface area contributed by atoms with Crippen molar-refractivity contribution in [3.63, 3.8) is 0 Å². The van der Waals surface area contributed by atoms with E-state index in [-0.39, 0.29) is 0 Å². The Morgan fingerprint density at radius 3 is 2.50 bits per heavy atom. The zero-order valence-electron chi connectivity index (χ0n) is 14.3. The number of aryl methyl sites for hydroxylation is 1. The molecule has 0 amide bonds. The fraction of sp³-hybridized carbons (Fsp3) is 0.190. The molecule has 0 aliphatic heterocycles. The van der Waals surface area contributed by atoms with E-state index in [9.17, 15) is 0 Å². The summed E-state index contributed by atoms with van der Waals surface area (Å²) in [6.07, 6.45) is 2.57. The quantitative estimate of drug-likeness (QED) is 0.468. The average Bonchev–Trinajstić information content (AvgIpc) is 3.20. The lowest BCUT2D eigenvalue weighted by Gasteiger charge is -1.99. The Morgan fingerprint density at radius 2 is 1.73 bits per heavy atom. The van der Waals surface area contributed by atoms with Gasteiger partial charge in [0.2, 0.25) is 5.82 Å². The van der Waals surface area contributed by atoms with Gasteiger partial charge in [-0.25, -0.2) is 4.98 Å². The van der Waals surface area contributed by atoms with Crippen molar-refractivity contribution in [2.45, 2.75) is 25.7 Å². The highest BCUT2D eigenvalue weighted by atomic mass is 32.1. The topological polar surface area (TPSA) is 51.8 Å². The smallest absolute Gasteiger partial charge is 0.258 e. The highest BCUT2D eigenvalue weighted by Crippen LogP contribution is 2.42. The lowest BCUT2D eigenvalue weighted by molar-refractivity contribution is 0.432. The van der Waals surface area contributed by atoms with Crippen LogP contribution >= 0.6 is 11.3 Å². The first-order valence-corrected chi connectivity index (χ1v) is 9.62. The van der Waals surface area contributed by atoms with Gasteiger partial charge in [0.25, 0.3) is 5.89 Å². The highest BCUT2D eigenvalue weighted by molar-refractivity contribution is 7.10. The molecular formula is C21H17N3OS. The Hall–Kier alpha value is -2.79. The molecule has 2 heterocycles. The zero-order chi connectivity index (χ0) is 17.5. The standard InChI is InChI=1S/C21H17N3OS/c1-13-4-2-3-5-17(13)20-23-19(24-25-20)15-8-6-14(7-9-15)18-12-26-21(22-18)16-10-11-16/h2-9,12,16H,10-11H2,1H3. The minimum atomic E-state index is 0.552. The molecule has 0 spiro atoms. The summed E-state index contributed by atoms with van der Waals surface area (Å²) >= 11 is 1.77. The van der Waals surface area contributed by atoms with E-state index in [1.54, 1.807) is 11.3 Å². The van der Waals surface area contributed by atoms with Crippen LogP contribution in [0.3, 0.4) is 0 Å². The maximum Gasteiger partial charge on any atom is 0.258 e. The van der Waals surface area contributed by atoms with E-state index in [4.69, 9.17) is 9.51 Å². The van der Waals surface area contributed by atoms with Crippen molar-refractivity contribution in [1.29, 1.82) is 0 Å². The number of rotatable bonds is 4. The van der Waals surface area contributed by atoms with E-state index in [2.05, 4.69) is 27.7 Å². The van der Waals surface area contributed by atoms with Crippen molar-refractivity contribution in [3.05, 3.63) is 64.5 Å². The van der Waals surface area contributed by atoms with Gasteiger partial charge in [0, 0.05) is 28.0 Å². The number of thiazole rings is 1. The lowest BCUT2D eigenvalue weighted by Crippen LogP contribution is -1.85. The van der Waals surface area contributed by atoms with Gasteiger partial charge in [-0.1, -0.05) is 47.6 Å². The van der Waals surface area contributed by atoms with Gasteiger partial charge in [0.15, 0.2) is 0 Å². The van der Waals surface area contributed by atoms with Crippen LogP contribution in [-0.2, 0) is 0 Å². The van der Waals surface area contributed by atoms with Gasteiger partial charge < -0.3 is 4.52 Å². The van der Waals surface area contributed by atoms with E-state index in [1.165, 1.54) is 17.8 Å².